The van der Waals surface area contributed by atoms with Gasteiger partial charge in [0.05, 0.1) is 27.8 Å². The molecule has 2 nitrogen and oxygen atoms in total. The molecule has 0 aliphatic rings. The minimum atomic E-state index is 1.17. The highest BCUT2D eigenvalue weighted by molar-refractivity contribution is 6.30. The first-order valence-electron chi connectivity index (χ1n) is 15.2. The number of aromatic nitrogens is 2. The highest BCUT2D eigenvalue weighted by Gasteiger charge is 2.22. The third-order valence-corrected chi connectivity index (χ3v) is 9.47. The molecule has 0 amide bonds. The maximum Gasteiger partial charge on any atom is 0.0641 e. The standard InChI is InChI=1S/C42H26N2/c1-2-13-27(14-3-1)43-37-23-11-9-20-35(37)41-39(43)26-25-34-31-18-8-10-22-36(31)44(42(34)41)38-24-12-21-33-30-16-5-4-15-28(30)29-17-6-7-19-32(29)40(33)38/h1-26H. The maximum absolute atomic E-state index is 2.54. The number of fused-ring (bicyclic) bond motifs is 13. The van der Waals surface area contributed by atoms with E-state index >= 15 is 0 Å². The van der Waals surface area contributed by atoms with Gasteiger partial charge in [-0.15, -0.1) is 0 Å². The lowest BCUT2D eigenvalue weighted by molar-refractivity contribution is 1.18. The molecule has 44 heavy (non-hydrogen) atoms. The molecule has 0 aliphatic carbocycles. The van der Waals surface area contributed by atoms with E-state index in [0.717, 1.165) is 0 Å². The average molecular weight is 559 g/mol. The van der Waals surface area contributed by atoms with Gasteiger partial charge in [-0.3, -0.25) is 0 Å². The van der Waals surface area contributed by atoms with E-state index in [9.17, 15) is 0 Å². The Morgan fingerprint density at radius 3 is 1.50 bits per heavy atom. The monoisotopic (exact) mass is 558 g/mol. The molecule has 0 saturated carbocycles. The fraction of sp³-hybridized carbons (Fsp3) is 0. The van der Waals surface area contributed by atoms with Crippen molar-refractivity contribution in [3.05, 3.63) is 158 Å². The SMILES string of the molecule is c1ccc(-n2c3ccccc3c3c2ccc2c4ccccc4n(-c4cccc5c6ccccc6c6ccccc6c45)c23)cc1. The Morgan fingerprint density at radius 1 is 0.273 bits per heavy atom. The van der Waals surface area contributed by atoms with Gasteiger partial charge in [-0.1, -0.05) is 121 Å². The lowest BCUT2D eigenvalue weighted by Crippen LogP contribution is -1.97. The van der Waals surface area contributed by atoms with Gasteiger partial charge >= 0.3 is 0 Å². The molecule has 0 saturated heterocycles. The Morgan fingerprint density at radius 2 is 0.795 bits per heavy atom. The van der Waals surface area contributed by atoms with Crippen LogP contribution >= 0.6 is 0 Å². The molecular weight excluding hydrogens is 532 g/mol. The summed E-state index contributed by atoms with van der Waals surface area (Å²) in [6.45, 7) is 0. The Balaban J connectivity index is 1.48. The largest absolute Gasteiger partial charge is 0.309 e. The molecule has 0 bridgehead atoms. The molecule has 0 unspecified atom stereocenters. The highest BCUT2D eigenvalue weighted by Crippen LogP contribution is 2.44. The number of nitrogens with zero attached hydrogens (tertiary/aromatic N) is 2. The van der Waals surface area contributed by atoms with E-state index in [1.807, 2.05) is 0 Å². The number of rotatable bonds is 2. The maximum atomic E-state index is 2.54. The third-order valence-electron chi connectivity index (χ3n) is 9.47. The topological polar surface area (TPSA) is 9.86 Å². The summed E-state index contributed by atoms with van der Waals surface area (Å²) >= 11 is 0. The smallest absolute Gasteiger partial charge is 0.0641 e. The summed E-state index contributed by atoms with van der Waals surface area (Å²) in [6.07, 6.45) is 0. The van der Waals surface area contributed by atoms with Gasteiger partial charge in [-0.05, 0) is 63.3 Å². The van der Waals surface area contributed by atoms with Crippen LogP contribution in [0.1, 0.15) is 0 Å². The van der Waals surface area contributed by atoms with Gasteiger partial charge in [0.25, 0.3) is 0 Å². The van der Waals surface area contributed by atoms with E-state index in [-0.39, 0.29) is 0 Å². The average Bonchev–Trinajstić information content (AvgIpc) is 3.61. The summed E-state index contributed by atoms with van der Waals surface area (Å²) in [5, 5.41) is 12.8. The second-order valence-electron chi connectivity index (χ2n) is 11.7. The van der Waals surface area contributed by atoms with Crippen molar-refractivity contribution in [2.24, 2.45) is 0 Å². The van der Waals surface area contributed by atoms with Crippen molar-refractivity contribution in [2.45, 2.75) is 0 Å². The minimum Gasteiger partial charge on any atom is -0.309 e. The molecule has 0 atom stereocenters. The van der Waals surface area contributed by atoms with Crippen molar-refractivity contribution < 1.29 is 0 Å². The zero-order valence-electron chi connectivity index (χ0n) is 23.9. The van der Waals surface area contributed by atoms with Crippen LogP contribution < -0.4 is 0 Å². The summed E-state index contributed by atoms with van der Waals surface area (Å²) in [6, 6.07) is 57.7. The first-order valence-corrected chi connectivity index (χ1v) is 15.2. The van der Waals surface area contributed by atoms with Crippen molar-refractivity contribution in [1.82, 2.24) is 9.13 Å². The summed E-state index contributed by atoms with van der Waals surface area (Å²) in [5.74, 6) is 0. The van der Waals surface area contributed by atoms with Crippen LogP contribution in [0.15, 0.2) is 158 Å². The van der Waals surface area contributed by atoms with Crippen LogP contribution in [0.5, 0.6) is 0 Å². The fourth-order valence-corrected chi connectivity index (χ4v) is 7.74. The van der Waals surface area contributed by atoms with Crippen LogP contribution in [-0.4, -0.2) is 9.13 Å². The number of hydrogen-bond acceptors (Lipinski definition) is 0. The molecule has 10 rings (SSSR count). The van der Waals surface area contributed by atoms with Gasteiger partial charge in [0, 0.05) is 32.6 Å². The van der Waals surface area contributed by atoms with Gasteiger partial charge in [-0.25, -0.2) is 0 Å². The molecule has 2 aromatic heterocycles. The minimum absolute atomic E-state index is 1.17. The molecule has 10 aromatic rings. The first kappa shape index (κ1) is 23.7. The van der Waals surface area contributed by atoms with Crippen molar-refractivity contribution >= 4 is 75.9 Å². The third kappa shape index (κ3) is 3.04. The van der Waals surface area contributed by atoms with Crippen LogP contribution in [0, 0.1) is 0 Å². The Bertz CT molecular complexity index is 2720. The van der Waals surface area contributed by atoms with Gasteiger partial charge < -0.3 is 9.13 Å². The van der Waals surface area contributed by atoms with Crippen molar-refractivity contribution in [3.8, 4) is 11.4 Å². The number of para-hydroxylation sites is 3. The summed E-state index contributed by atoms with van der Waals surface area (Å²) in [4.78, 5) is 0. The van der Waals surface area contributed by atoms with Gasteiger partial charge in [0.15, 0.2) is 0 Å². The quantitative estimate of drug-likeness (QED) is 0.187. The Hall–Kier alpha value is -5.86. The summed E-state index contributed by atoms with van der Waals surface area (Å²) in [7, 11) is 0. The molecule has 0 spiro atoms. The van der Waals surface area contributed by atoms with Crippen LogP contribution in [-0.2, 0) is 0 Å². The van der Waals surface area contributed by atoms with Crippen LogP contribution in [0.3, 0.4) is 0 Å². The van der Waals surface area contributed by atoms with Gasteiger partial charge in [-0.2, -0.15) is 0 Å². The van der Waals surface area contributed by atoms with E-state index in [0.29, 0.717) is 0 Å². The second kappa shape index (κ2) is 8.82. The van der Waals surface area contributed by atoms with Gasteiger partial charge in [0.1, 0.15) is 0 Å². The van der Waals surface area contributed by atoms with Crippen LogP contribution in [0.25, 0.3) is 87.3 Å². The zero-order valence-corrected chi connectivity index (χ0v) is 23.9. The van der Waals surface area contributed by atoms with E-state index in [1.165, 1.54) is 87.3 Å². The lowest BCUT2D eigenvalue weighted by atomic mass is 9.93. The normalized spacial score (nSPS) is 12.1. The number of benzene rings is 8. The molecule has 8 aromatic carbocycles. The molecule has 0 radical (unpaired) electrons. The molecule has 2 heteroatoms. The van der Waals surface area contributed by atoms with E-state index < -0.39 is 0 Å². The predicted octanol–water partition coefficient (Wildman–Crippen LogP) is 11.3. The van der Waals surface area contributed by atoms with E-state index in [2.05, 4.69) is 167 Å². The van der Waals surface area contributed by atoms with Crippen molar-refractivity contribution in [2.75, 3.05) is 0 Å². The molecule has 2 heterocycles. The molecular formula is C42H26N2. The van der Waals surface area contributed by atoms with Crippen molar-refractivity contribution in [3.63, 3.8) is 0 Å². The molecule has 0 N–H and O–H groups in total. The summed E-state index contributed by atoms with van der Waals surface area (Å²) in [5.41, 5.74) is 7.27. The second-order valence-corrected chi connectivity index (χ2v) is 11.7. The molecule has 0 fully saturated rings. The Kier molecular flexibility index (Phi) is 4.75. The number of hydrogen-bond donors (Lipinski definition) is 0. The zero-order chi connectivity index (χ0) is 28.8. The molecule has 204 valence electrons. The summed E-state index contributed by atoms with van der Waals surface area (Å²) < 4.78 is 4.95. The molecule has 0 aliphatic heterocycles. The predicted molar refractivity (Wildman–Crippen MR) is 188 cm³/mol. The van der Waals surface area contributed by atoms with Gasteiger partial charge in [0.2, 0.25) is 0 Å². The van der Waals surface area contributed by atoms with E-state index in [4.69, 9.17) is 0 Å². The highest BCUT2D eigenvalue weighted by atomic mass is 15.0. The first-order chi connectivity index (χ1) is 21.9. The lowest BCUT2D eigenvalue weighted by Gasteiger charge is -2.17. The van der Waals surface area contributed by atoms with E-state index in [1.54, 1.807) is 0 Å². The van der Waals surface area contributed by atoms with Crippen molar-refractivity contribution in [1.29, 1.82) is 0 Å². The fourth-order valence-electron chi connectivity index (χ4n) is 7.74. The van der Waals surface area contributed by atoms with Crippen LogP contribution in [0.2, 0.25) is 0 Å². The van der Waals surface area contributed by atoms with Crippen LogP contribution in [0.4, 0.5) is 0 Å². The Labute approximate surface area is 253 Å².